The van der Waals surface area contributed by atoms with Gasteiger partial charge in [-0.3, -0.25) is 0 Å². The van der Waals surface area contributed by atoms with Gasteiger partial charge < -0.3 is 5.73 Å². The second-order valence-electron chi connectivity index (χ2n) is 4.13. The van der Waals surface area contributed by atoms with Crippen molar-refractivity contribution in [2.45, 2.75) is 29.2 Å². The van der Waals surface area contributed by atoms with Crippen molar-refractivity contribution in [1.29, 1.82) is 0 Å². The number of aryl methyl sites for hydroxylation is 2. The van der Waals surface area contributed by atoms with Crippen molar-refractivity contribution in [2.24, 2.45) is 0 Å². The molecule has 1 aliphatic carbocycles. The molecule has 1 aromatic heterocycles. The number of nitrogens with zero attached hydrogens (tertiary/aromatic N) is 2. The van der Waals surface area contributed by atoms with Gasteiger partial charge >= 0.3 is 0 Å². The second kappa shape index (κ2) is 4.37. The highest BCUT2D eigenvalue weighted by molar-refractivity contribution is 7.99. The van der Waals surface area contributed by atoms with Gasteiger partial charge in [-0.05, 0) is 42.5 Å². The molecule has 2 aromatic rings. The van der Waals surface area contributed by atoms with E-state index in [-0.39, 0.29) is 0 Å². The molecule has 0 unspecified atom stereocenters. The van der Waals surface area contributed by atoms with E-state index in [9.17, 15) is 0 Å². The van der Waals surface area contributed by atoms with Crippen molar-refractivity contribution in [3.63, 3.8) is 0 Å². The predicted octanol–water partition coefficient (Wildman–Crippen LogP) is 2.70. The van der Waals surface area contributed by atoms with Gasteiger partial charge in [-0.2, -0.15) is 0 Å². The molecular weight excluding hydrogens is 230 g/mol. The molecule has 1 heterocycles. The minimum atomic E-state index is 0.498. The summed E-state index contributed by atoms with van der Waals surface area (Å²) in [6.07, 6.45) is 6.97. The maximum atomic E-state index is 5.79. The highest BCUT2D eigenvalue weighted by Crippen LogP contribution is 2.32. The summed E-state index contributed by atoms with van der Waals surface area (Å²) in [5.74, 6) is 0.498. The average Bonchev–Trinajstić information content (AvgIpc) is 2.79. The Morgan fingerprint density at radius 1 is 1.06 bits per heavy atom. The van der Waals surface area contributed by atoms with Crippen LogP contribution in [0.4, 0.5) is 5.82 Å². The highest BCUT2D eigenvalue weighted by Gasteiger charge is 2.12. The molecule has 0 saturated carbocycles. The summed E-state index contributed by atoms with van der Waals surface area (Å²) in [6.45, 7) is 0. The van der Waals surface area contributed by atoms with Crippen molar-refractivity contribution in [3.8, 4) is 0 Å². The molecule has 0 amide bonds. The van der Waals surface area contributed by atoms with Crippen LogP contribution in [0.1, 0.15) is 17.5 Å². The van der Waals surface area contributed by atoms with Crippen LogP contribution in [0.2, 0.25) is 0 Å². The SMILES string of the molecule is Nc1nccnc1Sc1ccc2c(c1)CCC2. The van der Waals surface area contributed by atoms with Crippen LogP contribution < -0.4 is 5.73 Å². The van der Waals surface area contributed by atoms with E-state index in [1.165, 1.54) is 35.3 Å². The Morgan fingerprint density at radius 2 is 1.88 bits per heavy atom. The maximum Gasteiger partial charge on any atom is 0.156 e. The molecule has 17 heavy (non-hydrogen) atoms. The van der Waals surface area contributed by atoms with Gasteiger partial charge in [-0.15, -0.1) is 0 Å². The van der Waals surface area contributed by atoms with Crippen LogP contribution in [-0.2, 0) is 12.8 Å². The molecule has 3 nitrogen and oxygen atoms in total. The van der Waals surface area contributed by atoms with E-state index in [4.69, 9.17) is 5.73 Å². The summed E-state index contributed by atoms with van der Waals surface area (Å²) < 4.78 is 0. The van der Waals surface area contributed by atoms with E-state index >= 15 is 0 Å². The summed E-state index contributed by atoms with van der Waals surface area (Å²) in [4.78, 5) is 9.48. The Labute approximate surface area is 104 Å². The number of hydrogen-bond donors (Lipinski definition) is 1. The first-order valence-corrected chi connectivity index (χ1v) is 6.51. The predicted molar refractivity (Wildman–Crippen MR) is 69.0 cm³/mol. The van der Waals surface area contributed by atoms with Crippen LogP contribution in [0, 0.1) is 0 Å². The lowest BCUT2D eigenvalue weighted by molar-refractivity contribution is 0.911. The fourth-order valence-corrected chi connectivity index (χ4v) is 2.97. The summed E-state index contributed by atoms with van der Waals surface area (Å²) in [5, 5.41) is 0.783. The van der Waals surface area contributed by atoms with Gasteiger partial charge in [-0.25, -0.2) is 9.97 Å². The monoisotopic (exact) mass is 243 g/mol. The number of aromatic nitrogens is 2. The quantitative estimate of drug-likeness (QED) is 0.881. The Balaban J connectivity index is 1.89. The molecule has 0 atom stereocenters. The largest absolute Gasteiger partial charge is 0.381 e. The smallest absolute Gasteiger partial charge is 0.156 e. The zero-order valence-corrected chi connectivity index (χ0v) is 10.2. The fourth-order valence-electron chi connectivity index (χ4n) is 2.14. The lowest BCUT2D eigenvalue weighted by Crippen LogP contribution is -1.94. The topological polar surface area (TPSA) is 51.8 Å². The molecule has 86 valence electrons. The van der Waals surface area contributed by atoms with E-state index in [0.29, 0.717) is 5.82 Å². The Kier molecular flexibility index (Phi) is 2.73. The standard InChI is InChI=1S/C13H13N3S/c14-12-13(16-7-6-15-12)17-11-5-4-9-2-1-3-10(9)8-11/h4-8H,1-3H2,(H2,14,15). The Hall–Kier alpha value is -1.55. The Bertz CT molecular complexity index is 554. The van der Waals surface area contributed by atoms with E-state index in [1.54, 1.807) is 24.2 Å². The van der Waals surface area contributed by atoms with Crippen LogP contribution in [0.15, 0.2) is 40.5 Å². The first-order chi connectivity index (χ1) is 8.33. The summed E-state index contributed by atoms with van der Waals surface area (Å²) in [5.41, 5.74) is 8.74. The molecule has 1 aromatic carbocycles. The van der Waals surface area contributed by atoms with Crippen LogP contribution in [0.3, 0.4) is 0 Å². The molecule has 0 radical (unpaired) electrons. The number of anilines is 1. The van der Waals surface area contributed by atoms with Crippen molar-refractivity contribution in [1.82, 2.24) is 9.97 Å². The minimum absolute atomic E-state index is 0.498. The number of fused-ring (bicyclic) bond motifs is 1. The molecule has 0 spiro atoms. The third-order valence-electron chi connectivity index (χ3n) is 2.98. The van der Waals surface area contributed by atoms with E-state index in [1.807, 2.05) is 0 Å². The average molecular weight is 243 g/mol. The number of nitrogens with two attached hydrogens (primary N) is 1. The summed E-state index contributed by atoms with van der Waals surface area (Å²) in [6, 6.07) is 6.61. The molecule has 3 rings (SSSR count). The van der Waals surface area contributed by atoms with Crippen molar-refractivity contribution in [3.05, 3.63) is 41.7 Å². The molecule has 0 aliphatic heterocycles. The molecule has 0 bridgehead atoms. The molecule has 1 aliphatic rings. The van der Waals surface area contributed by atoms with E-state index in [2.05, 4.69) is 28.2 Å². The Morgan fingerprint density at radius 3 is 2.76 bits per heavy atom. The number of nitrogen functional groups attached to an aromatic ring is 1. The van der Waals surface area contributed by atoms with Crippen molar-refractivity contribution >= 4 is 17.6 Å². The molecule has 0 saturated heterocycles. The lowest BCUT2D eigenvalue weighted by atomic mass is 10.1. The first-order valence-electron chi connectivity index (χ1n) is 5.69. The normalized spacial score (nSPS) is 13.6. The number of rotatable bonds is 2. The van der Waals surface area contributed by atoms with Crippen LogP contribution in [0.5, 0.6) is 0 Å². The van der Waals surface area contributed by atoms with Crippen molar-refractivity contribution in [2.75, 3.05) is 5.73 Å². The van der Waals surface area contributed by atoms with Crippen LogP contribution in [-0.4, -0.2) is 9.97 Å². The zero-order chi connectivity index (χ0) is 11.7. The van der Waals surface area contributed by atoms with Gasteiger partial charge in [0.2, 0.25) is 0 Å². The third-order valence-corrected chi connectivity index (χ3v) is 3.97. The van der Waals surface area contributed by atoms with Gasteiger partial charge in [-0.1, -0.05) is 17.8 Å². The van der Waals surface area contributed by atoms with Gasteiger partial charge in [0.05, 0.1) is 0 Å². The zero-order valence-electron chi connectivity index (χ0n) is 9.39. The molecule has 2 N–H and O–H groups in total. The van der Waals surface area contributed by atoms with Crippen LogP contribution >= 0.6 is 11.8 Å². The van der Waals surface area contributed by atoms with Gasteiger partial charge in [0.25, 0.3) is 0 Å². The first kappa shape index (κ1) is 10.6. The summed E-state index contributed by atoms with van der Waals surface area (Å²) in [7, 11) is 0. The minimum Gasteiger partial charge on any atom is -0.381 e. The van der Waals surface area contributed by atoms with Gasteiger partial charge in [0.15, 0.2) is 5.82 Å². The number of benzene rings is 1. The van der Waals surface area contributed by atoms with Crippen LogP contribution in [0.25, 0.3) is 0 Å². The van der Waals surface area contributed by atoms with Gasteiger partial charge in [0, 0.05) is 17.3 Å². The molecule has 0 fully saturated rings. The van der Waals surface area contributed by atoms with Crippen molar-refractivity contribution < 1.29 is 0 Å². The van der Waals surface area contributed by atoms with E-state index < -0.39 is 0 Å². The third kappa shape index (κ3) is 2.13. The fraction of sp³-hybridized carbons (Fsp3) is 0.231. The second-order valence-corrected chi connectivity index (χ2v) is 5.20. The van der Waals surface area contributed by atoms with Gasteiger partial charge in [0.1, 0.15) is 5.03 Å². The number of hydrogen-bond acceptors (Lipinski definition) is 4. The lowest BCUT2D eigenvalue weighted by Gasteiger charge is -2.05. The summed E-state index contributed by atoms with van der Waals surface area (Å²) >= 11 is 1.58. The molecular formula is C13H13N3S. The highest BCUT2D eigenvalue weighted by atomic mass is 32.2. The molecule has 4 heteroatoms. The van der Waals surface area contributed by atoms with E-state index in [0.717, 1.165) is 5.03 Å². The maximum absolute atomic E-state index is 5.79.